The number of nitrogens with zero attached hydrogens (tertiary/aromatic N) is 1. The minimum atomic E-state index is -0.886. The van der Waals surface area contributed by atoms with Crippen LogP contribution in [0.3, 0.4) is 0 Å². The fourth-order valence-corrected chi connectivity index (χ4v) is 1.16. The van der Waals surface area contributed by atoms with Crippen LogP contribution >= 0.6 is 0 Å². The zero-order valence-electron chi connectivity index (χ0n) is 10.0. The summed E-state index contributed by atoms with van der Waals surface area (Å²) < 4.78 is 5.01. The SMILES string of the molecule is CC(C(=O)O)c1ccc(OC(=O)N(C)C)cc1. The lowest BCUT2D eigenvalue weighted by Gasteiger charge is -2.11. The summed E-state index contributed by atoms with van der Waals surface area (Å²) in [6, 6.07) is 6.43. The van der Waals surface area contributed by atoms with Crippen molar-refractivity contribution in [2.45, 2.75) is 12.8 Å². The number of carbonyl (C=O) groups is 2. The van der Waals surface area contributed by atoms with Crippen LogP contribution in [-0.2, 0) is 4.79 Å². The maximum Gasteiger partial charge on any atom is 0.414 e. The Hall–Kier alpha value is -2.04. The Balaban J connectivity index is 2.75. The molecule has 1 unspecified atom stereocenters. The molecule has 0 aliphatic carbocycles. The predicted molar refractivity (Wildman–Crippen MR) is 62.2 cm³/mol. The molecule has 5 nitrogen and oxygen atoms in total. The number of rotatable bonds is 3. The largest absolute Gasteiger partial charge is 0.481 e. The van der Waals surface area contributed by atoms with Crippen molar-refractivity contribution in [2.75, 3.05) is 14.1 Å². The van der Waals surface area contributed by atoms with E-state index in [1.807, 2.05) is 0 Å². The van der Waals surface area contributed by atoms with Gasteiger partial charge in [0.05, 0.1) is 5.92 Å². The summed E-state index contributed by atoms with van der Waals surface area (Å²) in [4.78, 5) is 23.3. The lowest BCUT2D eigenvalue weighted by Crippen LogP contribution is -2.25. The molecule has 0 aliphatic rings. The van der Waals surface area contributed by atoms with Crippen molar-refractivity contribution in [3.8, 4) is 5.75 Å². The third kappa shape index (κ3) is 3.48. The Labute approximate surface area is 99.6 Å². The molecule has 0 fully saturated rings. The van der Waals surface area contributed by atoms with Gasteiger partial charge in [-0.1, -0.05) is 12.1 Å². The molecule has 1 N–H and O–H groups in total. The molecule has 17 heavy (non-hydrogen) atoms. The van der Waals surface area contributed by atoms with E-state index in [-0.39, 0.29) is 0 Å². The topological polar surface area (TPSA) is 66.8 Å². The molecular weight excluding hydrogens is 222 g/mol. The lowest BCUT2D eigenvalue weighted by atomic mass is 10.0. The van der Waals surface area contributed by atoms with Gasteiger partial charge in [0.2, 0.25) is 0 Å². The standard InChI is InChI=1S/C12H15NO4/c1-8(11(14)15)9-4-6-10(7-5-9)17-12(16)13(2)3/h4-8H,1-3H3,(H,14,15). The zero-order chi connectivity index (χ0) is 13.0. The highest BCUT2D eigenvalue weighted by Crippen LogP contribution is 2.19. The predicted octanol–water partition coefficient (Wildman–Crippen LogP) is 1.94. The average molecular weight is 237 g/mol. The first-order valence-corrected chi connectivity index (χ1v) is 5.13. The van der Waals surface area contributed by atoms with Crippen LogP contribution in [0.2, 0.25) is 0 Å². The molecule has 1 atom stereocenters. The van der Waals surface area contributed by atoms with Gasteiger partial charge >= 0.3 is 12.1 Å². The third-order valence-electron chi connectivity index (χ3n) is 2.32. The molecule has 0 aromatic heterocycles. The number of hydrogen-bond acceptors (Lipinski definition) is 3. The highest BCUT2D eigenvalue weighted by Gasteiger charge is 2.13. The molecule has 5 heteroatoms. The first kappa shape index (κ1) is 13.0. The van der Waals surface area contributed by atoms with Crippen molar-refractivity contribution in [3.05, 3.63) is 29.8 Å². The molecule has 0 saturated carbocycles. The summed E-state index contributed by atoms with van der Waals surface area (Å²) in [6.45, 7) is 1.60. The first-order valence-electron chi connectivity index (χ1n) is 5.13. The highest BCUT2D eigenvalue weighted by atomic mass is 16.6. The van der Waals surface area contributed by atoms with E-state index in [2.05, 4.69) is 0 Å². The summed E-state index contributed by atoms with van der Waals surface area (Å²) in [5, 5.41) is 8.83. The third-order valence-corrected chi connectivity index (χ3v) is 2.32. The number of carboxylic acids is 1. The van der Waals surface area contributed by atoms with Gasteiger partial charge in [0.25, 0.3) is 0 Å². The Kier molecular flexibility index (Phi) is 4.09. The quantitative estimate of drug-likeness (QED) is 0.872. The molecule has 1 aromatic rings. The smallest absolute Gasteiger partial charge is 0.414 e. The van der Waals surface area contributed by atoms with Gasteiger partial charge < -0.3 is 14.7 Å². The van der Waals surface area contributed by atoms with E-state index in [9.17, 15) is 9.59 Å². The lowest BCUT2D eigenvalue weighted by molar-refractivity contribution is -0.138. The molecular formula is C12H15NO4. The summed E-state index contributed by atoms with van der Waals surface area (Å²) in [5.41, 5.74) is 0.669. The summed E-state index contributed by atoms with van der Waals surface area (Å²) in [7, 11) is 3.17. The van der Waals surface area contributed by atoms with Crippen molar-refractivity contribution in [1.29, 1.82) is 0 Å². The van der Waals surface area contributed by atoms with Crippen molar-refractivity contribution >= 4 is 12.1 Å². The van der Waals surface area contributed by atoms with Crippen molar-refractivity contribution < 1.29 is 19.4 Å². The normalized spacial score (nSPS) is 11.7. The number of carboxylic acid groups (broad SMARTS) is 1. The summed E-state index contributed by atoms with van der Waals surface area (Å²) in [6.07, 6.45) is -0.468. The number of aliphatic carboxylic acids is 1. The van der Waals surface area contributed by atoms with Gasteiger partial charge in [0, 0.05) is 14.1 Å². The minimum absolute atomic E-state index is 0.394. The molecule has 1 amide bonds. The number of hydrogen-bond donors (Lipinski definition) is 1. The van der Waals surface area contributed by atoms with Crippen LogP contribution in [-0.4, -0.2) is 36.2 Å². The summed E-state index contributed by atoms with van der Waals surface area (Å²) in [5.74, 6) is -1.07. The molecule has 0 heterocycles. The van der Waals surface area contributed by atoms with Gasteiger partial charge in [-0.15, -0.1) is 0 Å². The van der Waals surface area contributed by atoms with Gasteiger partial charge in [-0.2, -0.15) is 0 Å². The van der Waals surface area contributed by atoms with Gasteiger partial charge in [0.1, 0.15) is 5.75 Å². The fraction of sp³-hybridized carbons (Fsp3) is 0.333. The van der Waals surface area contributed by atoms with E-state index < -0.39 is 18.0 Å². The van der Waals surface area contributed by atoms with E-state index in [4.69, 9.17) is 9.84 Å². The van der Waals surface area contributed by atoms with Crippen molar-refractivity contribution in [2.24, 2.45) is 0 Å². The van der Waals surface area contributed by atoms with Crippen LogP contribution < -0.4 is 4.74 Å². The van der Waals surface area contributed by atoms with Crippen molar-refractivity contribution in [1.82, 2.24) is 4.90 Å². The van der Waals surface area contributed by atoms with Gasteiger partial charge in [-0.05, 0) is 24.6 Å². The van der Waals surface area contributed by atoms with Gasteiger partial charge in [0.15, 0.2) is 0 Å². The Morgan fingerprint density at radius 1 is 1.24 bits per heavy atom. The monoisotopic (exact) mass is 237 g/mol. The molecule has 0 bridgehead atoms. The Morgan fingerprint density at radius 3 is 2.18 bits per heavy atom. The van der Waals surface area contributed by atoms with E-state index in [1.165, 1.54) is 4.90 Å². The van der Waals surface area contributed by atoms with E-state index in [0.717, 1.165) is 0 Å². The minimum Gasteiger partial charge on any atom is -0.481 e. The van der Waals surface area contributed by atoms with Crippen LogP contribution in [0, 0.1) is 0 Å². The van der Waals surface area contributed by atoms with Crippen LogP contribution in [0.4, 0.5) is 4.79 Å². The van der Waals surface area contributed by atoms with Crippen molar-refractivity contribution in [3.63, 3.8) is 0 Å². The Bertz CT molecular complexity index is 411. The number of carbonyl (C=O) groups excluding carboxylic acids is 1. The summed E-state index contributed by atoms with van der Waals surface area (Å²) >= 11 is 0. The van der Waals surface area contributed by atoms with Gasteiger partial charge in [-0.3, -0.25) is 4.79 Å². The van der Waals surface area contributed by atoms with E-state index >= 15 is 0 Å². The van der Waals surface area contributed by atoms with E-state index in [1.54, 1.807) is 45.3 Å². The van der Waals surface area contributed by atoms with Crippen LogP contribution in [0.25, 0.3) is 0 Å². The Morgan fingerprint density at radius 2 is 1.76 bits per heavy atom. The van der Waals surface area contributed by atoms with Crippen LogP contribution in [0.15, 0.2) is 24.3 Å². The van der Waals surface area contributed by atoms with Crippen LogP contribution in [0.5, 0.6) is 5.75 Å². The number of ether oxygens (including phenoxy) is 1. The fourth-order valence-electron chi connectivity index (χ4n) is 1.16. The van der Waals surface area contributed by atoms with Crippen LogP contribution in [0.1, 0.15) is 18.4 Å². The maximum absolute atomic E-state index is 11.2. The molecule has 0 aliphatic heterocycles. The van der Waals surface area contributed by atoms with Gasteiger partial charge in [-0.25, -0.2) is 4.79 Å². The molecule has 0 radical (unpaired) electrons. The number of benzene rings is 1. The second-order valence-corrected chi connectivity index (χ2v) is 3.89. The molecule has 0 saturated heterocycles. The molecule has 1 rings (SSSR count). The number of amides is 1. The molecule has 0 spiro atoms. The molecule has 92 valence electrons. The average Bonchev–Trinajstić information content (AvgIpc) is 2.28. The second kappa shape index (κ2) is 5.34. The second-order valence-electron chi connectivity index (χ2n) is 3.89. The van der Waals surface area contributed by atoms with E-state index in [0.29, 0.717) is 11.3 Å². The zero-order valence-corrected chi connectivity index (χ0v) is 10.0. The maximum atomic E-state index is 11.2. The highest BCUT2D eigenvalue weighted by molar-refractivity contribution is 5.75. The molecule has 1 aromatic carbocycles. The first-order chi connectivity index (χ1) is 7.91.